The highest BCUT2D eigenvalue weighted by Gasteiger charge is 2.12. The Balaban J connectivity index is 2.21. The maximum atomic E-state index is 11.9. The molecule has 4 nitrogen and oxygen atoms in total. The third-order valence-corrected chi connectivity index (χ3v) is 3.82. The van der Waals surface area contributed by atoms with Crippen molar-refractivity contribution in [3.05, 3.63) is 64.5 Å². The number of rotatable bonds is 5. The minimum absolute atomic E-state index is 0.129. The number of ether oxygens (including phenoxy) is 1. The topological polar surface area (TPSA) is 52.6 Å². The summed E-state index contributed by atoms with van der Waals surface area (Å²) in [5.74, 6) is 0.469. The first-order valence-corrected chi connectivity index (χ1v) is 7.87. The Kier molecular flexibility index (Phi) is 4.88. The van der Waals surface area contributed by atoms with Gasteiger partial charge in [-0.2, -0.15) is 8.42 Å². The molecule has 0 heterocycles. The molecule has 110 valence electrons. The van der Waals surface area contributed by atoms with Crippen LogP contribution in [0.15, 0.2) is 53.9 Å². The summed E-state index contributed by atoms with van der Waals surface area (Å²) in [7, 11) is -2.46. The molecular formula is C15H13ClO4S. The van der Waals surface area contributed by atoms with E-state index in [-0.39, 0.29) is 5.75 Å². The maximum absolute atomic E-state index is 11.9. The molecule has 2 rings (SSSR count). The van der Waals surface area contributed by atoms with Crippen LogP contribution >= 0.6 is 11.6 Å². The van der Waals surface area contributed by atoms with E-state index in [1.165, 1.54) is 19.3 Å². The number of para-hydroxylation sites is 2. The van der Waals surface area contributed by atoms with Crippen LogP contribution in [0.25, 0.3) is 6.08 Å². The van der Waals surface area contributed by atoms with Crippen LogP contribution in [-0.2, 0) is 10.1 Å². The van der Waals surface area contributed by atoms with Gasteiger partial charge in [0.1, 0.15) is 0 Å². The summed E-state index contributed by atoms with van der Waals surface area (Å²) in [6.45, 7) is 0. The van der Waals surface area contributed by atoms with Gasteiger partial charge >= 0.3 is 10.1 Å². The van der Waals surface area contributed by atoms with Gasteiger partial charge in [0.25, 0.3) is 0 Å². The predicted molar refractivity (Wildman–Crippen MR) is 83.0 cm³/mol. The molecule has 0 saturated carbocycles. The van der Waals surface area contributed by atoms with Crippen LogP contribution in [0.2, 0.25) is 5.02 Å². The van der Waals surface area contributed by atoms with Crippen molar-refractivity contribution in [1.82, 2.24) is 0 Å². The molecule has 0 amide bonds. The Morgan fingerprint density at radius 1 is 1.00 bits per heavy atom. The number of hydrogen-bond acceptors (Lipinski definition) is 4. The van der Waals surface area contributed by atoms with Gasteiger partial charge in [0.2, 0.25) is 0 Å². The molecule has 2 aromatic rings. The summed E-state index contributed by atoms with van der Waals surface area (Å²) >= 11 is 5.95. The van der Waals surface area contributed by atoms with E-state index in [1.807, 2.05) is 0 Å². The van der Waals surface area contributed by atoms with Gasteiger partial charge in [-0.25, -0.2) is 0 Å². The first-order chi connectivity index (χ1) is 10.0. The van der Waals surface area contributed by atoms with Crippen LogP contribution in [0.1, 0.15) is 5.56 Å². The monoisotopic (exact) mass is 324 g/mol. The van der Waals surface area contributed by atoms with Crippen molar-refractivity contribution in [2.45, 2.75) is 0 Å². The minimum atomic E-state index is -3.90. The van der Waals surface area contributed by atoms with E-state index in [9.17, 15) is 8.42 Å². The van der Waals surface area contributed by atoms with Gasteiger partial charge < -0.3 is 8.92 Å². The molecule has 0 spiro atoms. The lowest BCUT2D eigenvalue weighted by Gasteiger charge is -2.08. The smallest absolute Gasteiger partial charge is 0.332 e. The fraction of sp³-hybridized carbons (Fsp3) is 0.0667. The van der Waals surface area contributed by atoms with Crippen LogP contribution in [0.4, 0.5) is 0 Å². The summed E-state index contributed by atoms with van der Waals surface area (Å²) in [6.07, 6.45) is 1.38. The zero-order valence-electron chi connectivity index (χ0n) is 11.2. The second kappa shape index (κ2) is 6.65. The molecule has 0 atom stereocenters. The van der Waals surface area contributed by atoms with E-state index < -0.39 is 10.1 Å². The maximum Gasteiger partial charge on any atom is 0.332 e. The van der Waals surface area contributed by atoms with Gasteiger partial charge in [0.05, 0.1) is 12.5 Å². The van der Waals surface area contributed by atoms with Gasteiger partial charge in [0.15, 0.2) is 11.5 Å². The molecule has 0 aliphatic carbocycles. The van der Waals surface area contributed by atoms with Gasteiger partial charge in [-0.1, -0.05) is 41.9 Å². The van der Waals surface area contributed by atoms with Crippen LogP contribution < -0.4 is 8.92 Å². The molecule has 2 aromatic carbocycles. The average Bonchev–Trinajstić information content (AvgIpc) is 2.47. The molecule has 0 radical (unpaired) electrons. The number of halogens is 1. The van der Waals surface area contributed by atoms with Gasteiger partial charge in [0, 0.05) is 5.02 Å². The number of benzene rings is 2. The first-order valence-electron chi connectivity index (χ1n) is 6.02. The average molecular weight is 325 g/mol. The molecule has 0 fully saturated rings. The first kappa shape index (κ1) is 15.4. The molecule has 0 aliphatic heterocycles. The number of methoxy groups -OCH3 is 1. The van der Waals surface area contributed by atoms with Gasteiger partial charge in [-0.05, 0) is 29.8 Å². The molecule has 0 N–H and O–H groups in total. The van der Waals surface area contributed by atoms with Crippen LogP contribution in [0.3, 0.4) is 0 Å². The van der Waals surface area contributed by atoms with E-state index in [1.54, 1.807) is 42.5 Å². The van der Waals surface area contributed by atoms with E-state index in [0.29, 0.717) is 16.3 Å². The standard InChI is InChI=1S/C15H13ClO4S/c1-19-14-8-4-5-9-15(14)20-21(17,18)11-10-12-6-2-3-7-13(12)16/h2-11H,1H3/b11-10+. The van der Waals surface area contributed by atoms with Crippen molar-refractivity contribution in [3.8, 4) is 11.5 Å². The molecule has 0 bridgehead atoms. The van der Waals surface area contributed by atoms with Crippen LogP contribution in [-0.4, -0.2) is 15.5 Å². The molecular weight excluding hydrogens is 312 g/mol. The lowest BCUT2D eigenvalue weighted by molar-refractivity contribution is 0.392. The molecule has 0 unspecified atom stereocenters. The molecule has 6 heteroatoms. The Morgan fingerprint density at radius 3 is 2.29 bits per heavy atom. The van der Waals surface area contributed by atoms with Gasteiger partial charge in [-0.15, -0.1) is 0 Å². The zero-order chi connectivity index (χ0) is 15.3. The summed E-state index contributed by atoms with van der Waals surface area (Å²) in [6, 6.07) is 13.4. The summed E-state index contributed by atoms with van der Waals surface area (Å²) < 4.78 is 33.9. The Labute approximate surface area is 128 Å². The summed E-state index contributed by atoms with van der Waals surface area (Å²) in [4.78, 5) is 0. The van der Waals surface area contributed by atoms with Crippen molar-refractivity contribution < 1.29 is 17.3 Å². The SMILES string of the molecule is COc1ccccc1OS(=O)(=O)/C=C/c1ccccc1Cl. The van der Waals surface area contributed by atoms with Crippen molar-refractivity contribution in [2.24, 2.45) is 0 Å². The highest BCUT2D eigenvalue weighted by molar-refractivity contribution is 7.90. The lowest BCUT2D eigenvalue weighted by Crippen LogP contribution is -2.06. The highest BCUT2D eigenvalue weighted by Crippen LogP contribution is 2.27. The fourth-order valence-electron chi connectivity index (χ4n) is 1.61. The van der Waals surface area contributed by atoms with E-state index >= 15 is 0 Å². The Morgan fingerprint density at radius 2 is 1.62 bits per heavy atom. The summed E-state index contributed by atoms with van der Waals surface area (Å²) in [5, 5.41) is 1.42. The molecule has 0 aliphatic rings. The lowest BCUT2D eigenvalue weighted by atomic mass is 10.2. The van der Waals surface area contributed by atoms with Crippen molar-refractivity contribution in [1.29, 1.82) is 0 Å². The fourth-order valence-corrected chi connectivity index (χ4v) is 2.56. The van der Waals surface area contributed by atoms with Gasteiger partial charge in [-0.3, -0.25) is 0 Å². The van der Waals surface area contributed by atoms with E-state index in [0.717, 1.165) is 5.41 Å². The second-order valence-corrected chi connectivity index (χ2v) is 5.88. The Hall–Kier alpha value is -1.98. The van der Waals surface area contributed by atoms with E-state index in [2.05, 4.69) is 0 Å². The second-order valence-electron chi connectivity index (χ2n) is 4.05. The van der Waals surface area contributed by atoms with E-state index in [4.69, 9.17) is 20.5 Å². The normalized spacial score (nSPS) is 11.5. The molecule has 0 saturated heterocycles. The van der Waals surface area contributed by atoms with Crippen molar-refractivity contribution >= 4 is 27.8 Å². The quantitative estimate of drug-likeness (QED) is 0.786. The third kappa shape index (κ3) is 4.24. The number of hydrogen-bond donors (Lipinski definition) is 0. The molecule has 0 aromatic heterocycles. The van der Waals surface area contributed by atoms with Crippen molar-refractivity contribution in [3.63, 3.8) is 0 Å². The zero-order valence-corrected chi connectivity index (χ0v) is 12.8. The van der Waals surface area contributed by atoms with Crippen LogP contribution in [0, 0.1) is 0 Å². The Bertz CT molecular complexity index is 754. The van der Waals surface area contributed by atoms with Crippen LogP contribution in [0.5, 0.6) is 11.5 Å². The highest BCUT2D eigenvalue weighted by atomic mass is 35.5. The third-order valence-electron chi connectivity index (χ3n) is 2.59. The molecule has 21 heavy (non-hydrogen) atoms. The predicted octanol–water partition coefficient (Wildman–Crippen LogP) is 3.73. The largest absolute Gasteiger partial charge is 0.493 e. The summed E-state index contributed by atoms with van der Waals surface area (Å²) in [5.41, 5.74) is 0.589. The van der Waals surface area contributed by atoms with Crippen molar-refractivity contribution in [2.75, 3.05) is 7.11 Å². The minimum Gasteiger partial charge on any atom is -0.493 e.